The minimum Gasteiger partial charge on any atom is -0.292 e. The Kier molecular flexibility index (Phi) is 4.21. The second kappa shape index (κ2) is 6.83. The summed E-state index contributed by atoms with van der Waals surface area (Å²) in [7, 11) is 0. The van der Waals surface area contributed by atoms with Crippen LogP contribution in [0.1, 0.15) is 34.5 Å². The van der Waals surface area contributed by atoms with E-state index in [0.717, 1.165) is 11.1 Å². The predicted octanol–water partition coefficient (Wildman–Crippen LogP) is 2.17. The number of hydrazone groups is 1. The first-order chi connectivity index (χ1) is 14.9. The lowest BCUT2D eigenvalue weighted by Gasteiger charge is -2.33. The number of hydrogen-bond acceptors (Lipinski definition) is 7. The summed E-state index contributed by atoms with van der Waals surface area (Å²) in [6.45, 7) is 1.94. The van der Waals surface area contributed by atoms with Crippen LogP contribution in [0.2, 0.25) is 0 Å². The fourth-order valence-corrected chi connectivity index (χ4v) is 4.99. The Balaban J connectivity index is 1.64. The number of Topliss-reactive ketones (excluding diaryl/α,β-unsaturated/α-hetero) is 1. The summed E-state index contributed by atoms with van der Waals surface area (Å²) in [6.07, 6.45) is 1.62. The van der Waals surface area contributed by atoms with Gasteiger partial charge in [0.05, 0.1) is 29.0 Å². The van der Waals surface area contributed by atoms with Crippen molar-refractivity contribution in [3.05, 3.63) is 75.3 Å². The maximum absolute atomic E-state index is 13.6. The number of hydrogen-bond donors (Lipinski definition) is 0. The molecule has 5 rings (SSSR count). The van der Waals surface area contributed by atoms with Crippen molar-refractivity contribution >= 4 is 29.5 Å². The highest BCUT2D eigenvalue weighted by Crippen LogP contribution is 2.52. The molecule has 0 spiro atoms. The smallest absolute Gasteiger partial charge is 0.270 e. The Bertz CT molecular complexity index is 1180. The van der Waals surface area contributed by atoms with E-state index >= 15 is 0 Å². The average molecular weight is 418 g/mol. The molecule has 2 amide bonds. The number of nitro benzene ring substituents is 1. The van der Waals surface area contributed by atoms with Crippen LogP contribution in [0.4, 0.5) is 5.69 Å². The highest BCUT2D eigenvalue weighted by molar-refractivity contribution is 6.12. The lowest BCUT2D eigenvalue weighted by molar-refractivity contribution is -0.384. The lowest BCUT2D eigenvalue weighted by Crippen LogP contribution is -2.44. The number of likely N-dealkylation sites (tertiary alicyclic amines) is 1. The van der Waals surface area contributed by atoms with Gasteiger partial charge in [0.15, 0.2) is 5.78 Å². The number of carbonyl (C=O) groups excluding carboxylic acids is 3. The molecule has 3 aliphatic heterocycles. The highest BCUT2D eigenvalue weighted by atomic mass is 16.6. The van der Waals surface area contributed by atoms with E-state index in [1.165, 1.54) is 29.2 Å². The summed E-state index contributed by atoms with van der Waals surface area (Å²) in [5.41, 5.74) is 1.57. The number of imide groups is 1. The zero-order valence-corrected chi connectivity index (χ0v) is 16.5. The molecule has 0 aromatic heterocycles. The highest BCUT2D eigenvalue weighted by Gasteiger charge is 2.64. The van der Waals surface area contributed by atoms with Crippen molar-refractivity contribution in [1.29, 1.82) is 0 Å². The fraction of sp³-hybridized carbons (Fsp3) is 0.273. The molecule has 2 aromatic rings. The molecule has 156 valence electrons. The zero-order chi connectivity index (χ0) is 21.9. The van der Waals surface area contributed by atoms with Crippen LogP contribution in [0.3, 0.4) is 0 Å². The molecule has 4 atom stereocenters. The van der Waals surface area contributed by atoms with Crippen molar-refractivity contribution in [1.82, 2.24) is 9.91 Å². The number of non-ortho nitro benzene ring substituents is 1. The van der Waals surface area contributed by atoms with E-state index in [2.05, 4.69) is 5.10 Å². The number of carbonyl (C=O) groups is 3. The molecule has 0 radical (unpaired) electrons. The minimum absolute atomic E-state index is 0.114. The van der Waals surface area contributed by atoms with E-state index < -0.39 is 40.5 Å². The summed E-state index contributed by atoms with van der Waals surface area (Å²) in [4.78, 5) is 51.7. The molecule has 31 heavy (non-hydrogen) atoms. The third-order valence-corrected chi connectivity index (χ3v) is 6.31. The zero-order valence-electron chi connectivity index (χ0n) is 16.5. The molecule has 2 fully saturated rings. The third-order valence-electron chi connectivity index (χ3n) is 6.31. The van der Waals surface area contributed by atoms with Gasteiger partial charge in [-0.15, -0.1) is 0 Å². The topological polar surface area (TPSA) is 113 Å². The Hall–Kier alpha value is -3.88. The number of nitro groups is 1. The van der Waals surface area contributed by atoms with E-state index in [1.54, 1.807) is 18.1 Å². The number of ketones is 1. The van der Waals surface area contributed by atoms with Gasteiger partial charge in [0.25, 0.3) is 5.69 Å². The van der Waals surface area contributed by atoms with Gasteiger partial charge >= 0.3 is 0 Å². The van der Waals surface area contributed by atoms with Gasteiger partial charge < -0.3 is 0 Å². The molecule has 3 heterocycles. The van der Waals surface area contributed by atoms with Crippen LogP contribution in [0.5, 0.6) is 0 Å². The molecule has 2 saturated heterocycles. The van der Waals surface area contributed by atoms with Crippen molar-refractivity contribution in [3.8, 4) is 0 Å². The summed E-state index contributed by atoms with van der Waals surface area (Å²) >= 11 is 0. The SMILES string of the molecule is CCN1C(=O)[C@@H]2[C@@H](C1=O)[C@H]1c3ccccc3C=NN1[C@@H]2C(=O)c1cccc([N+](=O)[O-])c1. The molecule has 0 unspecified atom stereocenters. The minimum atomic E-state index is -1.02. The first-order valence-corrected chi connectivity index (χ1v) is 9.99. The van der Waals surface area contributed by atoms with Crippen molar-refractivity contribution in [2.24, 2.45) is 16.9 Å². The quantitative estimate of drug-likeness (QED) is 0.325. The van der Waals surface area contributed by atoms with Gasteiger partial charge in [-0.3, -0.25) is 34.4 Å². The summed E-state index contributed by atoms with van der Waals surface area (Å²) in [5, 5.41) is 17.2. The van der Waals surface area contributed by atoms with E-state index in [9.17, 15) is 24.5 Å². The Morgan fingerprint density at radius 3 is 2.58 bits per heavy atom. The molecular weight excluding hydrogens is 400 g/mol. The Morgan fingerprint density at radius 1 is 1.10 bits per heavy atom. The summed E-state index contributed by atoms with van der Waals surface area (Å²) in [5.74, 6) is -2.81. The fourth-order valence-electron chi connectivity index (χ4n) is 4.99. The number of amides is 2. The summed E-state index contributed by atoms with van der Waals surface area (Å²) < 4.78 is 0. The van der Waals surface area contributed by atoms with Crippen LogP contribution in [0.25, 0.3) is 0 Å². The van der Waals surface area contributed by atoms with Crippen LogP contribution in [-0.4, -0.2) is 51.2 Å². The molecule has 2 aromatic carbocycles. The lowest BCUT2D eigenvalue weighted by atomic mass is 9.83. The third kappa shape index (κ3) is 2.62. The van der Waals surface area contributed by atoms with Gasteiger partial charge in [-0.25, -0.2) is 0 Å². The van der Waals surface area contributed by atoms with E-state index in [1.807, 2.05) is 24.3 Å². The standard InChI is InChI=1S/C22H18N4O5/c1-2-24-21(28)16-17(22(24)29)19(20(27)12-7-5-8-14(10-12)26(30)31)25-18(16)15-9-4-3-6-13(15)11-23-25/h3-11,16-19H,2H2,1H3/t16-,17-,18-,19+/m1/s1. The molecule has 0 N–H and O–H groups in total. The Morgan fingerprint density at radius 2 is 1.84 bits per heavy atom. The van der Waals surface area contributed by atoms with Crippen molar-refractivity contribution in [2.45, 2.75) is 19.0 Å². The maximum atomic E-state index is 13.6. The van der Waals surface area contributed by atoms with Crippen molar-refractivity contribution < 1.29 is 19.3 Å². The molecule has 0 aliphatic carbocycles. The first kappa shape index (κ1) is 19.1. The van der Waals surface area contributed by atoms with Crippen LogP contribution in [-0.2, 0) is 9.59 Å². The number of fused-ring (bicyclic) bond motifs is 5. The Labute approximate surface area is 177 Å². The monoisotopic (exact) mass is 418 g/mol. The van der Waals surface area contributed by atoms with Crippen LogP contribution >= 0.6 is 0 Å². The maximum Gasteiger partial charge on any atom is 0.270 e. The second-order valence-electron chi connectivity index (χ2n) is 7.79. The van der Waals surface area contributed by atoms with Gasteiger partial charge in [-0.1, -0.05) is 36.4 Å². The largest absolute Gasteiger partial charge is 0.292 e. The first-order valence-electron chi connectivity index (χ1n) is 9.99. The molecule has 0 saturated carbocycles. The van der Waals surface area contributed by atoms with E-state index in [4.69, 9.17) is 0 Å². The van der Waals surface area contributed by atoms with E-state index in [-0.39, 0.29) is 23.7 Å². The normalized spacial score (nSPS) is 26.0. The van der Waals surface area contributed by atoms with Crippen molar-refractivity contribution in [2.75, 3.05) is 6.54 Å². The van der Waals surface area contributed by atoms with Crippen LogP contribution < -0.4 is 0 Å². The van der Waals surface area contributed by atoms with Gasteiger partial charge in [0.2, 0.25) is 11.8 Å². The number of benzene rings is 2. The van der Waals surface area contributed by atoms with Gasteiger partial charge in [-0.05, 0) is 18.1 Å². The molecule has 9 heteroatoms. The summed E-state index contributed by atoms with van der Waals surface area (Å²) in [6, 6.07) is 11.3. The van der Waals surface area contributed by atoms with E-state index in [0.29, 0.717) is 0 Å². The van der Waals surface area contributed by atoms with Crippen LogP contribution in [0.15, 0.2) is 53.6 Å². The predicted molar refractivity (Wildman–Crippen MR) is 109 cm³/mol. The van der Waals surface area contributed by atoms with Crippen LogP contribution in [0, 0.1) is 22.0 Å². The molecule has 0 bridgehead atoms. The van der Waals surface area contributed by atoms with Gasteiger partial charge in [0.1, 0.15) is 6.04 Å². The molecular formula is C22H18N4O5. The average Bonchev–Trinajstić information content (AvgIpc) is 3.25. The number of rotatable bonds is 4. The second-order valence-corrected chi connectivity index (χ2v) is 7.79. The molecule has 3 aliphatic rings. The van der Waals surface area contributed by atoms with Gasteiger partial charge in [-0.2, -0.15) is 5.10 Å². The molecule has 9 nitrogen and oxygen atoms in total. The number of nitrogens with zero attached hydrogens (tertiary/aromatic N) is 4. The van der Waals surface area contributed by atoms with Gasteiger partial charge in [0, 0.05) is 24.2 Å². The van der Waals surface area contributed by atoms with Crippen molar-refractivity contribution in [3.63, 3.8) is 0 Å².